The Morgan fingerprint density at radius 2 is 1.94 bits per heavy atom. The van der Waals surface area contributed by atoms with E-state index < -0.39 is 0 Å². The third kappa shape index (κ3) is 2.30. The topological polar surface area (TPSA) is 44.3 Å². The van der Waals surface area contributed by atoms with Crippen molar-refractivity contribution in [1.82, 2.24) is 20.2 Å². The maximum atomic E-state index is 6.04. The van der Waals surface area contributed by atoms with Crippen LogP contribution >= 0.6 is 11.6 Å². The van der Waals surface area contributed by atoms with Gasteiger partial charge in [-0.2, -0.15) is 0 Å². The molecule has 6 heteroatoms. The fraction of sp³-hybridized carbons (Fsp3) is 0.667. The summed E-state index contributed by atoms with van der Waals surface area (Å²) in [6.45, 7) is 5.99. The van der Waals surface area contributed by atoms with Crippen molar-refractivity contribution in [2.45, 2.75) is 13.0 Å². The summed E-state index contributed by atoms with van der Waals surface area (Å²) in [6.07, 6.45) is 0.994. The number of hydrogen-bond donors (Lipinski definition) is 1. The molecule has 98 valence electrons. The van der Waals surface area contributed by atoms with Gasteiger partial charge in [0.25, 0.3) is 0 Å². The molecule has 2 aliphatic rings. The first-order chi connectivity index (χ1) is 8.74. The predicted octanol–water partition coefficient (Wildman–Crippen LogP) is 0.527. The number of fused-ring (bicyclic) bond motifs is 1. The van der Waals surface area contributed by atoms with Crippen molar-refractivity contribution < 1.29 is 0 Å². The van der Waals surface area contributed by atoms with E-state index in [1.54, 1.807) is 0 Å². The van der Waals surface area contributed by atoms with E-state index in [0.29, 0.717) is 5.28 Å². The molecule has 3 rings (SSSR count). The number of aromatic nitrogens is 2. The zero-order valence-electron chi connectivity index (χ0n) is 10.6. The highest BCUT2D eigenvalue weighted by molar-refractivity contribution is 6.28. The molecule has 0 unspecified atom stereocenters. The van der Waals surface area contributed by atoms with Gasteiger partial charge >= 0.3 is 0 Å². The molecule has 1 fully saturated rings. The quantitative estimate of drug-likeness (QED) is 0.752. The molecule has 0 aliphatic carbocycles. The normalized spacial score (nSPS) is 20.9. The lowest BCUT2D eigenvalue weighted by Gasteiger charge is -2.35. The summed E-state index contributed by atoms with van der Waals surface area (Å²) in [7, 11) is 2.16. The van der Waals surface area contributed by atoms with Crippen LogP contribution in [0, 0.1) is 0 Å². The number of halogens is 1. The number of nitrogens with one attached hydrogen (secondary N) is 1. The van der Waals surface area contributed by atoms with Gasteiger partial charge in [-0.3, -0.25) is 0 Å². The van der Waals surface area contributed by atoms with Crippen LogP contribution in [0.3, 0.4) is 0 Å². The van der Waals surface area contributed by atoms with Crippen LogP contribution in [0.5, 0.6) is 0 Å². The molecule has 1 aromatic heterocycles. The standard InChI is InChI=1S/C12H18ClN5/c1-17-4-6-18(7-5-17)11-9-2-3-14-8-10(9)15-12(13)16-11/h14H,2-8H2,1H3. The Kier molecular flexibility index (Phi) is 3.37. The summed E-state index contributed by atoms with van der Waals surface area (Å²) in [5.41, 5.74) is 2.35. The van der Waals surface area contributed by atoms with Gasteiger partial charge in [0.05, 0.1) is 5.69 Å². The van der Waals surface area contributed by atoms with Gasteiger partial charge in [-0.15, -0.1) is 0 Å². The van der Waals surface area contributed by atoms with Gasteiger partial charge < -0.3 is 15.1 Å². The number of anilines is 1. The van der Waals surface area contributed by atoms with E-state index in [9.17, 15) is 0 Å². The average Bonchev–Trinajstić information content (AvgIpc) is 2.38. The first kappa shape index (κ1) is 12.1. The minimum atomic E-state index is 0.367. The van der Waals surface area contributed by atoms with E-state index in [0.717, 1.165) is 57.2 Å². The lowest BCUT2D eigenvalue weighted by atomic mass is 10.1. The van der Waals surface area contributed by atoms with E-state index in [4.69, 9.17) is 11.6 Å². The van der Waals surface area contributed by atoms with Crippen LogP contribution in [0.25, 0.3) is 0 Å². The van der Waals surface area contributed by atoms with Crippen LogP contribution in [-0.2, 0) is 13.0 Å². The Morgan fingerprint density at radius 1 is 1.17 bits per heavy atom. The molecule has 0 radical (unpaired) electrons. The molecule has 0 amide bonds. The summed E-state index contributed by atoms with van der Waals surface area (Å²) in [5, 5.41) is 3.70. The Morgan fingerprint density at radius 3 is 2.72 bits per heavy atom. The van der Waals surface area contributed by atoms with E-state index in [-0.39, 0.29) is 0 Å². The van der Waals surface area contributed by atoms with Crippen LogP contribution in [0.2, 0.25) is 5.28 Å². The molecule has 5 nitrogen and oxygen atoms in total. The van der Waals surface area contributed by atoms with Crippen LogP contribution in [0.1, 0.15) is 11.3 Å². The Labute approximate surface area is 112 Å². The molecule has 18 heavy (non-hydrogen) atoms. The number of rotatable bonds is 1. The molecule has 1 saturated heterocycles. The third-order valence-corrected chi connectivity index (χ3v) is 3.86. The second-order valence-corrected chi connectivity index (χ2v) is 5.30. The Bertz CT molecular complexity index is 442. The van der Waals surface area contributed by atoms with Crippen molar-refractivity contribution in [3.05, 3.63) is 16.5 Å². The second kappa shape index (κ2) is 4.99. The molecule has 0 spiro atoms. The van der Waals surface area contributed by atoms with Crippen molar-refractivity contribution in [2.75, 3.05) is 44.7 Å². The number of likely N-dealkylation sites (N-methyl/N-ethyl adjacent to an activating group) is 1. The van der Waals surface area contributed by atoms with Gasteiger partial charge in [-0.1, -0.05) is 0 Å². The molecule has 0 bridgehead atoms. The van der Waals surface area contributed by atoms with E-state index in [2.05, 4.69) is 32.1 Å². The third-order valence-electron chi connectivity index (χ3n) is 3.69. The van der Waals surface area contributed by atoms with Crippen LogP contribution < -0.4 is 10.2 Å². The zero-order valence-corrected chi connectivity index (χ0v) is 11.4. The Balaban J connectivity index is 1.93. The van der Waals surface area contributed by atoms with E-state index in [1.807, 2.05) is 0 Å². The minimum absolute atomic E-state index is 0.367. The minimum Gasteiger partial charge on any atom is -0.354 e. The van der Waals surface area contributed by atoms with Gasteiger partial charge in [-0.25, -0.2) is 9.97 Å². The highest BCUT2D eigenvalue weighted by atomic mass is 35.5. The van der Waals surface area contributed by atoms with Gasteiger partial charge in [0, 0.05) is 38.3 Å². The average molecular weight is 268 g/mol. The summed E-state index contributed by atoms with van der Waals surface area (Å²) in [4.78, 5) is 13.5. The largest absolute Gasteiger partial charge is 0.354 e. The molecular weight excluding hydrogens is 250 g/mol. The van der Waals surface area contributed by atoms with E-state index >= 15 is 0 Å². The molecule has 3 heterocycles. The lowest BCUT2D eigenvalue weighted by Crippen LogP contribution is -2.45. The number of hydrogen-bond acceptors (Lipinski definition) is 5. The summed E-state index contributed by atoms with van der Waals surface area (Å²) in [5.74, 6) is 1.06. The lowest BCUT2D eigenvalue weighted by molar-refractivity contribution is 0.311. The zero-order chi connectivity index (χ0) is 12.5. The second-order valence-electron chi connectivity index (χ2n) is 4.96. The number of piperazine rings is 1. The SMILES string of the molecule is CN1CCN(c2nc(Cl)nc3c2CCNC3)CC1. The monoisotopic (exact) mass is 267 g/mol. The fourth-order valence-corrected chi connectivity index (χ4v) is 2.77. The van der Waals surface area contributed by atoms with Crippen LogP contribution in [0.4, 0.5) is 5.82 Å². The number of nitrogens with zero attached hydrogens (tertiary/aromatic N) is 4. The van der Waals surface area contributed by atoms with Gasteiger partial charge in [0.15, 0.2) is 0 Å². The maximum absolute atomic E-state index is 6.04. The van der Waals surface area contributed by atoms with E-state index in [1.165, 1.54) is 5.56 Å². The predicted molar refractivity (Wildman–Crippen MR) is 72.2 cm³/mol. The molecule has 0 saturated carbocycles. The smallest absolute Gasteiger partial charge is 0.224 e. The first-order valence-electron chi connectivity index (χ1n) is 6.43. The summed E-state index contributed by atoms with van der Waals surface area (Å²) in [6, 6.07) is 0. The molecule has 1 aromatic rings. The van der Waals surface area contributed by atoms with Crippen molar-refractivity contribution >= 4 is 17.4 Å². The maximum Gasteiger partial charge on any atom is 0.224 e. The fourth-order valence-electron chi connectivity index (χ4n) is 2.59. The van der Waals surface area contributed by atoms with Gasteiger partial charge in [0.2, 0.25) is 5.28 Å². The summed E-state index contributed by atoms with van der Waals surface area (Å²) >= 11 is 6.04. The van der Waals surface area contributed by atoms with Crippen LogP contribution in [-0.4, -0.2) is 54.6 Å². The molecular formula is C12H18ClN5. The highest BCUT2D eigenvalue weighted by Crippen LogP contribution is 2.25. The van der Waals surface area contributed by atoms with Crippen molar-refractivity contribution in [2.24, 2.45) is 0 Å². The van der Waals surface area contributed by atoms with Crippen molar-refractivity contribution in [3.63, 3.8) is 0 Å². The Hall–Kier alpha value is -0.910. The van der Waals surface area contributed by atoms with Crippen molar-refractivity contribution in [3.8, 4) is 0 Å². The molecule has 1 N–H and O–H groups in total. The highest BCUT2D eigenvalue weighted by Gasteiger charge is 2.23. The van der Waals surface area contributed by atoms with Crippen LogP contribution in [0.15, 0.2) is 0 Å². The molecule has 0 atom stereocenters. The molecule has 0 aromatic carbocycles. The molecule has 2 aliphatic heterocycles. The van der Waals surface area contributed by atoms with Crippen molar-refractivity contribution in [1.29, 1.82) is 0 Å². The first-order valence-corrected chi connectivity index (χ1v) is 6.81. The van der Waals surface area contributed by atoms with Gasteiger partial charge in [0.1, 0.15) is 5.82 Å². The van der Waals surface area contributed by atoms with Gasteiger partial charge in [-0.05, 0) is 31.6 Å². The summed E-state index contributed by atoms with van der Waals surface area (Å²) < 4.78 is 0.